The lowest BCUT2D eigenvalue weighted by molar-refractivity contribution is -0.385. The summed E-state index contributed by atoms with van der Waals surface area (Å²) in [6.45, 7) is 3.78. The van der Waals surface area contributed by atoms with E-state index in [2.05, 4.69) is 20.5 Å². The Labute approximate surface area is 249 Å². The minimum absolute atomic E-state index is 0.0600. The molecule has 1 N–H and O–H groups in total. The lowest BCUT2D eigenvalue weighted by Crippen LogP contribution is -2.50. The number of benzene rings is 2. The molecule has 0 radical (unpaired) electrons. The number of nitrogens with zero attached hydrogens (tertiary/aromatic N) is 7. The van der Waals surface area contributed by atoms with Crippen LogP contribution in [0.25, 0.3) is 11.8 Å². The van der Waals surface area contributed by atoms with Crippen LogP contribution in [0.2, 0.25) is 5.02 Å². The summed E-state index contributed by atoms with van der Waals surface area (Å²) in [5.41, 5.74) is 1.34. The van der Waals surface area contributed by atoms with Crippen molar-refractivity contribution in [1.82, 2.24) is 30.1 Å². The van der Waals surface area contributed by atoms with Crippen LogP contribution in [0.1, 0.15) is 52.6 Å². The zero-order valence-electron chi connectivity index (χ0n) is 22.9. The van der Waals surface area contributed by atoms with Crippen LogP contribution in [-0.2, 0) is 21.4 Å². The molecule has 5 rings (SSSR count). The van der Waals surface area contributed by atoms with Gasteiger partial charge in [0, 0.05) is 46.7 Å². The van der Waals surface area contributed by atoms with Crippen LogP contribution in [0, 0.1) is 10.1 Å². The molecule has 0 fully saturated rings. The summed E-state index contributed by atoms with van der Waals surface area (Å²) in [5.74, 6) is -2.04. The van der Waals surface area contributed by atoms with Crippen LogP contribution in [0.4, 0.5) is 5.69 Å². The number of rotatable bonds is 8. The SMILES string of the molecule is CC1(C)CN(C(=O)/C=C/c2cc(Cl)ccc2-n2cnnn2)C(C(=O)Cc2ccc(C(=O)O)cc2)c2cc([N+](=O)[O-])cnc21. The van der Waals surface area contributed by atoms with Crippen molar-refractivity contribution < 1.29 is 24.4 Å². The number of carboxylic acids is 1. The topological polar surface area (TPSA) is 174 Å². The summed E-state index contributed by atoms with van der Waals surface area (Å²) < 4.78 is 1.41. The Morgan fingerprint density at radius 1 is 1.16 bits per heavy atom. The number of amides is 1. The number of tetrazole rings is 1. The van der Waals surface area contributed by atoms with Crippen LogP contribution in [0.15, 0.2) is 67.1 Å². The van der Waals surface area contributed by atoms with Crippen molar-refractivity contribution in [2.75, 3.05) is 6.54 Å². The van der Waals surface area contributed by atoms with Crippen molar-refractivity contribution in [1.29, 1.82) is 0 Å². The van der Waals surface area contributed by atoms with Gasteiger partial charge in [0.1, 0.15) is 18.6 Å². The normalized spacial score (nSPS) is 15.7. The maximum Gasteiger partial charge on any atom is 0.335 e. The number of pyridine rings is 1. The van der Waals surface area contributed by atoms with E-state index in [4.69, 9.17) is 11.6 Å². The monoisotopic (exact) mass is 601 g/mol. The van der Waals surface area contributed by atoms with E-state index >= 15 is 0 Å². The molecule has 13 nitrogen and oxygen atoms in total. The van der Waals surface area contributed by atoms with Crippen LogP contribution >= 0.6 is 11.6 Å². The number of hydrogen-bond acceptors (Lipinski definition) is 9. The predicted octanol–water partition coefficient (Wildman–Crippen LogP) is 4.00. The first-order chi connectivity index (χ1) is 20.4. The molecule has 0 saturated heterocycles. The number of nitro groups is 1. The zero-order valence-corrected chi connectivity index (χ0v) is 23.7. The molecule has 1 atom stereocenters. The van der Waals surface area contributed by atoms with Crippen LogP contribution < -0.4 is 0 Å². The van der Waals surface area contributed by atoms with Gasteiger partial charge in [-0.05, 0) is 52.4 Å². The van der Waals surface area contributed by atoms with E-state index in [1.807, 2.05) is 13.8 Å². The molecular formula is C29H24ClN7O6. The fourth-order valence-corrected chi connectivity index (χ4v) is 5.30. The van der Waals surface area contributed by atoms with Crippen molar-refractivity contribution in [3.05, 3.63) is 110 Å². The van der Waals surface area contributed by atoms with Crippen molar-refractivity contribution in [3.8, 4) is 5.69 Å². The van der Waals surface area contributed by atoms with Crippen LogP contribution in [0.5, 0.6) is 0 Å². The molecule has 1 unspecified atom stereocenters. The number of fused-ring (bicyclic) bond motifs is 1. The van der Waals surface area contributed by atoms with E-state index < -0.39 is 34.0 Å². The molecule has 3 heterocycles. The average Bonchev–Trinajstić information content (AvgIpc) is 3.50. The van der Waals surface area contributed by atoms with E-state index in [9.17, 15) is 29.6 Å². The Hall–Kier alpha value is -5.30. The number of carbonyl (C=O) groups is 3. The van der Waals surface area contributed by atoms with Gasteiger partial charge in [0.05, 0.1) is 21.9 Å². The second-order valence-corrected chi connectivity index (χ2v) is 11.0. The molecule has 1 aliphatic rings. The molecular weight excluding hydrogens is 578 g/mol. The Morgan fingerprint density at radius 3 is 2.56 bits per heavy atom. The molecule has 1 aliphatic heterocycles. The number of Topliss-reactive ketones (excluding diaryl/α,β-unsaturated/α-hetero) is 1. The zero-order chi connectivity index (χ0) is 30.9. The summed E-state index contributed by atoms with van der Waals surface area (Å²) in [4.78, 5) is 55.8. The molecule has 43 heavy (non-hydrogen) atoms. The van der Waals surface area contributed by atoms with Gasteiger partial charge in [0.2, 0.25) is 5.91 Å². The molecule has 0 spiro atoms. The molecule has 218 valence electrons. The number of hydrogen-bond donors (Lipinski definition) is 1. The van der Waals surface area contributed by atoms with Crippen molar-refractivity contribution in [2.24, 2.45) is 0 Å². The fourth-order valence-electron chi connectivity index (χ4n) is 5.12. The Bertz CT molecular complexity index is 1770. The predicted molar refractivity (Wildman–Crippen MR) is 154 cm³/mol. The van der Waals surface area contributed by atoms with E-state index in [1.54, 1.807) is 18.2 Å². The summed E-state index contributed by atoms with van der Waals surface area (Å²) in [5, 5.41) is 32.5. The van der Waals surface area contributed by atoms with Crippen molar-refractivity contribution in [2.45, 2.75) is 31.7 Å². The highest BCUT2D eigenvalue weighted by Crippen LogP contribution is 2.41. The first kappa shape index (κ1) is 29.2. The number of aromatic nitrogens is 5. The molecule has 2 aromatic carbocycles. The number of ketones is 1. The van der Waals surface area contributed by atoms with Crippen molar-refractivity contribution >= 4 is 41.0 Å². The van der Waals surface area contributed by atoms with Gasteiger partial charge in [-0.2, -0.15) is 4.68 Å². The maximum atomic E-state index is 13.9. The summed E-state index contributed by atoms with van der Waals surface area (Å²) in [6.07, 6.45) is 5.21. The minimum Gasteiger partial charge on any atom is -0.478 e. The number of aromatic carboxylic acids is 1. The highest BCUT2D eigenvalue weighted by Gasteiger charge is 2.44. The van der Waals surface area contributed by atoms with E-state index in [-0.39, 0.29) is 29.8 Å². The second-order valence-electron chi connectivity index (χ2n) is 10.6. The lowest BCUT2D eigenvalue weighted by atomic mass is 9.77. The second kappa shape index (κ2) is 11.5. The molecule has 4 aromatic rings. The minimum atomic E-state index is -1.19. The highest BCUT2D eigenvalue weighted by atomic mass is 35.5. The van der Waals surface area contributed by atoms with Gasteiger partial charge in [-0.25, -0.2) is 4.79 Å². The Morgan fingerprint density at radius 2 is 1.91 bits per heavy atom. The maximum absolute atomic E-state index is 13.9. The van der Waals surface area contributed by atoms with Crippen LogP contribution in [0.3, 0.4) is 0 Å². The first-order valence-electron chi connectivity index (χ1n) is 13.0. The van der Waals surface area contributed by atoms with E-state index in [0.717, 1.165) is 6.20 Å². The summed E-state index contributed by atoms with van der Waals surface area (Å²) >= 11 is 6.22. The van der Waals surface area contributed by atoms with Gasteiger partial charge >= 0.3 is 5.97 Å². The van der Waals surface area contributed by atoms with Crippen LogP contribution in [-0.4, -0.2) is 64.3 Å². The number of carboxylic acid groups (broad SMARTS) is 1. The van der Waals surface area contributed by atoms with Gasteiger partial charge in [0.25, 0.3) is 5.69 Å². The molecule has 0 aliphatic carbocycles. The Kier molecular flexibility index (Phi) is 7.83. The number of halogens is 1. The summed E-state index contributed by atoms with van der Waals surface area (Å²) in [7, 11) is 0. The van der Waals surface area contributed by atoms with Gasteiger partial charge in [-0.1, -0.05) is 37.6 Å². The summed E-state index contributed by atoms with van der Waals surface area (Å²) in [6, 6.07) is 10.9. The van der Waals surface area contributed by atoms with E-state index in [0.29, 0.717) is 27.5 Å². The molecule has 14 heteroatoms. The quantitative estimate of drug-likeness (QED) is 0.176. The van der Waals surface area contributed by atoms with Gasteiger partial charge < -0.3 is 10.0 Å². The average molecular weight is 602 g/mol. The van der Waals surface area contributed by atoms with E-state index in [1.165, 1.54) is 58.4 Å². The largest absolute Gasteiger partial charge is 0.478 e. The van der Waals surface area contributed by atoms with Gasteiger partial charge in [-0.3, -0.25) is 24.7 Å². The van der Waals surface area contributed by atoms with Crippen molar-refractivity contribution in [3.63, 3.8) is 0 Å². The molecule has 0 saturated carbocycles. The molecule has 0 bridgehead atoms. The van der Waals surface area contributed by atoms with Gasteiger partial charge in [-0.15, -0.1) is 5.10 Å². The Balaban J connectivity index is 1.55. The number of carbonyl (C=O) groups excluding carboxylic acids is 2. The smallest absolute Gasteiger partial charge is 0.335 e. The highest BCUT2D eigenvalue weighted by molar-refractivity contribution is 6.30. The standard InChI is InChI=1S/C29H24ClN7O6/c1-29(2)15-35(25(39)10-7-19-12-20(30)8-9-23(19)36-16-32-33-34-36)26(22-13-21(37(42)43)14-31-27(22)29)24(38)11-17-3-5-18(6-4-17)28(40)41/h3-10,12-14,16,26H,11,15H2,1-2H3,(H,40,41)/b10-7+. The molecule has 2 aromatic heterocycles. The van der Waals surface area contributed by atoms with Gasteiger partial charge in [0.15, 0.2) is 5.78 Å². The lowest BCUT2D eigenvalue weighted by Gasteiger charge is -2.43. The fraction of sp³-hybridized carbons (Fsp3) is 0.207. The molecule has 1 amide bonds. The third-order valence-corrected chi connectivity index (χ3v) is 7.32. The third-order valence-electron chi connectivity index (χ3n) is 7.08. The third kappa shape index (κ3) is 6.02. The first-order valence-corrected chi connectivity index (χ1v) is 13.3.